The van der Waals surface area contributed by atoms with E-state index in [4.69, 9.17) is 13.8 Å². The molecule has 10 aromatic rings. The van der Waals surface area contributed by atoms with Gasteiger partial charge in [-0.1, -0.05) is 66.7 Å². The van der Waals surface area contributed by atoms with Crippen molar-refractivity contribution in [3.8, 4) is 33.7 Å². The molecule has 4 heterocycles. The van der Waals surface area contributed by atoms with Crippen LogP contribution < -0.4 is 4.90 Å². The lowest BCUT2D eigenvalue weighted by atomic mass is 10.0. The van der Waals surface area contributed by atoms with Crippen LogP contribution in [-0.4, -0.2) is 9.38 Å². The van der Waals surface area contributed by atoms with E-state index in [-0.39, 0.29) is 0 Å². The van der Waals surface area contributed by atoms with Crippen LogP contribution in [0.15, 0.2) is 185 Å². The number of aromatic nitrogens is 2. The third-order valence-corrected chi connectivity index (χ3v) is 9.47. The Hall–Kier alpha value is -6.85. The first-order chi connectivity index (χ1) is 24.7. The van der Waals surface area contributed by atoms with Gasteiger partial charge >= 0.3 is 0 Å². The maximum atomic E-state index is 6.08. The molecule has 0 bridgehead atoms. The lowest BCUT2D eigenvalue weighted by Gasteiger charge is -2.26. The van der Waals surface area contributed by atoms with Crippen molar-refractivity contribution in [2.75, 3.05) is 4.90 Å². The summed E-state index contributed by atoms with van der Waals surface area (Å²) in [5, 5.41) is 2.25. The minimum Gasteiger partial charge on any atom is -0.456 e. The van der Waals surface area contributed by atoms with Crippen LogP contribution in [-0.2, 0) is 0 Å². The predicted octanol–water partition coefficient (Wildman–Crippen LogP) is 12.5. The van der Waals surface area contributed by atoms with Crippen molar-refractivity contribution in [3.63, 3.8) is 0 Å². The highest BCUT2D eigenvalue weighted by Crippen LogP contribution is 2.39. The molecule has 6 aromatic carbocycles. The van der Waals surface area contributed by atoms with Crippen molar-refractivity contribution in [3.05, 3.63) is 176 Å². The second kappa shape index (κ2) is 11.4. The van der Waals surface area contributed by atoms with Gasteiger partial charge in [0, 0.05) is 56.9 Å². The van der Waals surface area contributed by atoms with E-state index in [1.54, 1.807) is 0 Å². The molecule has 0 amide bonds. The summed E-state index contributed by atoms with van der Waals surface area (Å²) in [7, 11) is 0. The molecule has 0 aliphatic rings. The number of rotatable bonds is 6. The zero-order valence-corrected chi connectivity index (χ0v) is 26.9. The van der Waals surface area contributed by atoms with Gasteiger partial charge in [0.25, 0.3) is 0 Å². The molecule has 0 saturated carbocycles. The number of hydrogen-bond acceptors (Lipinski definition) is 4. The number of pyridine rings is 1. The Bertz CT molecular complexity index is 2620. The minimum atomic E-state index is 0.611. The zero-order valence-electron chi connectivity index (χ0n) is 26.9. The van der Waals surface area contributed by atoms with Crippen LogP contribution >= 0.6 is 0 Å². The second-order valence-electron chi connectivity index (χ2n) is 12.5. The third kappa shape index (κ3) is 4.83. The van der Waals surface area contributed by atoms with E-state index in [1.165, 1.54) is 16.6 Å². The number of benzene rings is 6. The number of anilines is 3. The topological polar surface area (TPSA) is 46.8 Å². The second-order valence-corrected chi connectivity index (χ2v) is 12.5. The van der Waals surface area contributed by atoms with E-state index < -0.39 is 0 Å². The normalized spacial score (nSPS) is 11.6. The van der Waals surface area contributed by atoms with E-state index in [1.807, 2.05) is 36.4 Å². The van der Waals surface area contributed by atoms with Crippen LogP contribution in [0.25, 0.3) is 72.3 Å². The highest BCUT2D eigenvalue weighted by Gasteiger charge is 2.16. The molecular weight excluding hydrogens is 615 g/mol. The maximum absolute atomic E-state index is 6.08. The first-order valence-corrected chi connectivity index (χ1v) is 16.7. The fourth-order valence-electron chi connectivity index (χ4n) is 6.92. The van der Waals surface area contributed by atoms with E-state index in [0.717, 1.165) is 66.8 Å². The molecule has 0 spiro atoms. The summed E-state index contributed by atoms with van der Waals surface area (Å²) in [5.41, 5.74) is 13.3. The van der Waals surface area contributed by atoms with Gasteiger partial charge in [0.2, 0.25) is 5.89 Å². The molecule has 0 N–H and O–H groups in total. The monoisotopic (exact) mass is 643 g/mol. The fraction of sp³-hybridized carbons (Fsp3) is 0. The summed E-state index contributed by atoms with van der Waals surface area (Å²) >= 11 is 0. The fourth-order valence-corrected chi connectivity index (χ4v) is 6.92. The first kappa shape index (κ1) is 28.2. The van der Waals surface area contributed by atoms with Crippen molar-refractivity contribution in [2.24, 2.45) is 0 Å². The Labute approximate surface area is 287 Å². The minimum absolute atomic E-state index is 0.611. The Morgan fingerprint density at radius 3 is 1.76 bits per heavy atom. The van der Waals surface area contributed by atoms with Crippen molar-refractivity contribution >= 4 is 55.6 Å². The van der Waals surface area contributed by atoms with E-state index in [0.29, 0.717) is 5.89 Å². The van der Waals surface area contributed by atoms with Gasteiger partial charge in [0.15, 0.2) is 5.58 Å². The molecule has 0 saturated heterocycles. The van der Waals surface area contributed by atoms with Gasteiger partial charge in [0.05, 0.1) is 0 Å². The molecule has 0 aliphatic heterocycles. The highest BCUT2D eigenvalue weighted by molar-refractivity contribution is 6.06. The number of furan rings is 1. The average Bonchev–Trinajstić information content (AvgIpc) is 3.91. The molecule has 4 aromatic heterocycles. The van der Waals surface area contributed by atoms with Gasteiger partial charge in [-0.05, 0) is 114 Å². The molecule has 0 fully saturated rings. The Kier molecular flexibility index (Phi) is 6.42. The largest absolute Gasteiger partial charge is 0.456 e. The number of hydrogen-bond donors (Lipinski definition) is 0. The SMILES string of the molecule is c1ccc2oc(-c3ccc(N(c4ccc(-c5ccc6oc7ccccc7c6c5)cc4)c4ccc(-c5cc6ccccn6c5)cc4)cc3)nc2c1. The molecule has 0 atom stereocenters. The summed E-state index contributed by atoms with van der Waals surface area (Å²) in [6.07, 6.45) is 4.26. The lowest BCUT2D eigenvalue weighted by Crippen LogP contribution is -2.09. The van der Waals surface area contributed by atoms with Gasteiger partial charge in [-0.25, -0.2) is 4.98 Å². The number of para-hydroxylation sites is 3. The molecular formula is C45H29N3O2. The summed E-state index contributed by atoms with van der Waals surface area (Å²) in [4.78, 5) is 6.99. The summed E-state index contributed by atoms with van der Waals surface area (Å²) in [5.74, 6) is 0.611. The van der Waals surface area contributed by atoms with Crippen molar-refractivity contribution in [1.29, 1.82) is 0 Å². The van der Waals surface area contributed by atoms with Gasteiger partial charge in [-0.2, -0.15) is 0 Å². The van der Waals surface area contributed by atoms with Crippen LogP contribution in [0.1, 0.15) is 0 Å². The van der Waals surface area contributed by atoms with Crippen LogP contribution in [0.3, 0.4) is 0 Å². The van der Waals surface area contributed by atoms with Gasteiger partial charge < -0.3 is 18.1 Å². The van der Waals surface area contributed by atoms with Crippen molar-refractivity contribution in [1.82, 2.24) is 9.38 Å². The Balaban J connectivity index is 1.03. The van der Waals surface area contributed by atoms with Gasteiger partial charge in [-0.3, -0.25) is 0 Å². The molecule has 5 heteroatoms. The molecule has 0 unspecified atom stereocenters. The van der Waals surface area contributed by atoms with E-state index >= 15 is 0 Å². The van der Waals surface area contributed by atoms with Crippen molar-refractivity contribution in [2.45, 2.75) is 0 Å². The highest BCUT2D eigenvalue weighted by atomic mass is 16.3. The molecule has 50 heavy (non-hydrogen) atoms. The molecule has 10 rings (SSSR count). The molecule has 0 radical (unpaired) electrons. The van der Waals surface area contributed by atoms with Crippen LogP contribution in [0.4, 0.5) is 17.1 Å². The van der Waals surface area contributed by atoms with Gasteiger partial charge in [-0.15, -0.1) is 0 Å². The molecule has 236 valence electrons. The quantitative estimate of drug-likeness (QED) is 0.181. The predicted molar refractivity (Wildman–Crippen MR) is 203 cm³/mol. The van der Waals surface area contributed by atoms with E-state index in [9.17, 15) is 0 Å². The summed E-state index contributed by atoms with van der Waals surface area (Å²) in [6, 6.07) is 56.9. The average molecular weight is 644 g/mol. The summed E-state index contributed by atoms with van der Waals surface area (Å²) < 4.78 is 14.3. The Morgan fingerprint density at radius 1 is 0.440 bits per heavy atom. The maximum Gasteiger partial charge on any atom is 0.227 e. The number of fused-ring (bicyclic) bond motifs is 5. The Morgan fingerprint density at radius 2 is 1.04 bits per heavy atom. The van der Waals surface area contributed by atoms with Gasteiger partial charge in [0.1, 0.15) is 16.7 Å². The lowest BCUT2D eigenvalue weighted by molar-refractivity contribution is 0.620. The van der Waals surface area contributed by atoms with Crippen LogP contribution in [0.2, 0.25) is 0 Å². The smallest absolute Gasteiger partial charge is 0.227 e. The number of oxazole rings is 1. The number of nitrogens with zero attached hydrogens (tertiary/aromatic N) is 3. The molecule has 5 nitrogen and oxygen atoms in total. The van der Waals surface area contributed by atoms with Crippen molar-refractivity contribution < 1.29 is 8.83 Å². The zero-order chi connectivity index (χ0) is 33.0. The molecule has 0 aliphatic carbocycles. The van der Waals surface area contributed by atoms with Crippen LogP contribution in [0.5, 0.6) is 0 Å². The van der Waals surface area contributed by atoms with E-state index in [2.05, 4.69) is 149 Å². The standard InChI is InChI=1S/C45H29N3O2/c1-3-10-42-39(8-1)40-28-33(18-25-43(40)49-42)30-12-19-35(20-13-30)48(36-21-14-31(15-22-36)34-27-38-7-5-6-26-47(38)29-34)37-23-16-32(17-24-37)45-46-41-9-2-4-11-44(41)50-45/h1-29H. The van der Waals surface area contributed by atoms with Crippen LogP contribution in [0, 0.1) is 0 Å². The first-order valence-electron chi connectivity index (χ1n) is 16.7. The summed E-state index contributed by atoms with van der Waals surface area (Å²) in [6.45, 7) is 0. The third-order valence-electron chi connectivity index (χ3n) is 9.47.